The van der Waals surface area contributed by atoms with Gasteiger partial charge in [-0.1, -0.05) is 51.1 Å². The molecule has 0 radical (unpaired) electrons. The minimum atomic E-state index is 0.254. The van der Waals surface area contributed by atoms with E-state index in [1.165, 1.54) is 12.0 Å². The van der Waals surface area contributed by atoms with Gasteiger partial charge in [0.15, 0.2) is 0 Å². The van der Waals surface area contributed by atoms with Gasteiger partial charge in [0.2, 0.25) is 0 Å². The van der Waals surface area contributed by atoms with Crippen LogP contribution in [0.1, 0.15) is 39.2 Å². The summed E-state index contributed by atoms with van der Waals surface area (Å²) in [6, 6.07) is 11.0. The van der Waals surface area contributed by atoms with Crippen molar-refractivity contribution < 1.29 is 4.74 Å². The molecule has 1 aromatic carbocycles. The molecule has 0 spiro atoms. The molecule has 1 fully saturated rings. The van der Waals surface area contributed by atoms with E-state index in [1.54, 1.807) is 0 Å². The molecule has 100 valence electrons. The Labute approximate surface area is 111 Å². The highest BCUT2D eigenvalue weighted by Crippen LogP contribution is 2.43. The fraction of sp³-hybridized carbons (Fsp3) is 0.625. The molecule has 2 atom stereocenters. The topological polar surface area (TPSA) is 21.3 Å². The van der Waals surface area contributed by atoms with Crippen molar-refractivity contribution in [1.29, 1.82) is 0 Å². The van der Waals surface area contributed by atoms with Crippen molar-refractivity contribution in [1.82, 2.24) is 5.32 Å². The van der Waals surface area contributed by atoms with Crippen LogP contribution in [-0.4, -0.2) is 18.7 Å². The lowest BCUT2D eigenvalue weighted by atomic mass is 9.64. The SMILES string of the molecule is CCCNC1CC(OCc2ccccc2)C1(C)C. The Morgan fingerprint density at radius 1 is 1.28 bits per heavy atom. The molecule has 1 aliphatic rings. The van der Waals surface area contributed by atoms with Gasteiger partial charge in [0.25, 0.3) is 0 Å². The summed E-state index contributed by atoms with van der Waals surface area (Å²) in [6.45, 7) is 8.66. The Hall–Kier alpha value is -0.860. The molecule has 18 heavy (non-hydrogen) atoms. The van der Waals surface area contributed by atoms with Crippen LogP contribution in [0.25, 0.3) is 0 Å². The van der Waals surface area contributed by atoms with E-state index in [9.17, 15) is 0 Å². The van der Waals surface area contributed by atoms with Crippen LogP contribution in [0.4, 0.5) is 0 Å². The normalized spacial score (nSPS) is 25.7. The van der Waals surface area contributed by atoms with Crippen LogP contribution in [0.5, 0.6) is 0 Å². The van der Waals surface area contributed by atoms with E-state index in [0.717, 1.165) is 19.6 Å². The van der Waals surface area contributed by atoms with E-state index in [-0.39, 0.29) is 5.41 Å². The molecular weight excluding hydrogens is 222 g/mol. The predicted molar refractivity (Wildman–Crippen MR) is 75.5 cm³/mol. The standard InChI is InChI=1S/C16H25NO/c1-4-10-17-14-11-15(16(14,2)3)18-12-13-8-6-5-7-9-13/h5-9,14-15,17H,4,10-12H2,1-3H3. The smallest absolute Gasteiger partial charge is 0.0720 e. The van der Waals surface area contributed by atoms with Gasteiger partial charge in [-0.2, -0.15) is 0 Å². The largest absolute Gasteiger partial charge is 0.373 e. The second-order valence-corrected chi connectivity index (χ2v) is 5.85. The first kappa shape index (κ1) is 13.6. The Morgan fingerprint density at radius 2 is 2.00 bits per heavy atom. The summed E-state index contributed by atoms with van der Waals surface area (Å²) in [5, 5.41) is 3.61. The van der Waals surface area contributed by atoms with Crippen molar-refractivity contribution >= 4 is 0 Å². The van der Waals surface area contributed by atoms with Crippen molar-refractivity contribution in [2.24, 2.45) is 5.41 Å². The van der Waals surface area contributed by atoms with E-state index in [4.69, 9.17) is 4.74 Å². The Balaban J connectivity index is 1.79. The molecule has 0 saturated heterocycles. The summed E-state index contributed by atoms with van der Waals surface area (Å²) in [7, 11) is 0. The average molecular weight is 247 g/mol. The molecule has 2 unspecified atom stereocenters. The minimum absolute atomic E-state index is 0.254. The van der Waals surface area contributed by atoms with Gasteiger partial charge in [0, 0.05) is 11.5 Å². The van der Waals surface area contributed by atoms with Crippen molar-refractivity contribution in [3.05, 3.63) is 35.9 Å². The third-order valence-corrected chi connectivity index (χ3v) is 4.11. The fourth-order valence-electron chi connectivity index (χ4n) is 2.60. The lowest BCUT2D eigenvalue weighted by molar-refractivity contribution is -0.124. The van der Waals surface area contributed by atoms with Crippen LogP contribution in [0.15, 0.2) is 30.3 Å². The molecule has 2 rings (SSSR count). The van der Waals surface area contributed by atoms with E-state index in [0.29, 0.717) is 12.1 Å². The molecule has 0 amide bonds. The summed E-state index contributed by atoms with van der Waals surface area (Å²) in [4.78, 5) is 0. The van der Waals surface area contributed by atoms with Crippen LogP contribution in [0.2, 0.25) is 0 Å². The number of hydrogen-bond donors (Lipinski definition) is 1. The van der Waals surface area contributed by atoms with Gasteiger partial charge in [-0.3, -0.25) is 0 Å². The predicted octanol–water partition coefficient (Wildman–Crippen LogP) is 3.37. The zero-order chi connectivity index (χ0) is 13.0. The molecule has 0 aromatic heterocycles. The van der Waals surface area contributed by atoms with Crippen LogP contribution < -0.4 is 5.32 Å². The van der Waals surface area contributed by atoms with E-state index >= 15 is 0 Å². The van der Waals surface area contributed by atoms with Crippen LogP contribution in [0, 0.1) is 5.41 Å². The summed E-state index contributed by atoms with van der Waals surface area (Å²) in [5.74, 6) is 0. The Kier molecular flexibility index (Phi) is 4.41. The van der Waals surface area contributed by atoms with Crippen molar-refractivity contribution in [2.75, 3.05) is 6.54 Å². The highest BCUT2D eigenvalue weighted by atomic mass is 16.5. The number of hydrogen-bond acceptors (Lipinski definition) is 2. The van der Waals surface area contributed by atoms with Gasteiger partial charge in [-0.25, -0.2) is 0 Å². The maximum atomic E-state index is 6.05. The molecular formula is C16H25NO. The molecule has 0 bridgehead atoms. The molecule has 2 heteroatoms. The lowest BCUT2D eigenvalue weighted by Crippen LogP contribution is -2.60. The number of nitrogens with one attached hydrogen (secondary N) is 1. The summed E-state index contributed by atoms with van der Waals surface area (Å²) >= 11 is 0. The molecule has 1 N–H and O–H groups in total. The minimum Gasteiger partial charge on any atom is -0.373 e. The highest BCUT2D eigenvalue weighted by Gasteiger charge is 2.48. The molecule has 1 aliphatic carbocycles. The Bertz CT molecular complexity index is 361. The molecule has 2 nitrogen and oxygen atoms in total. The van der Waals surface area contributed by atoms with E-state index in [1.807, 2.05) is 6.07 Å². The van der Waals surface area contributed by atoms with E-state index < -0.39 is 0 Å². The van der Waals surface area contributed by atoms with Gasteiger partial charge in [-0.15, -0.1) is 0 Å². The second kappa shape index (κ2) is 5.85. The van der Waals surface area contributed by atoms with Crippen LogP contribution >= 0.6 is 0 Å². The number of rotatable bonds is 6. The Morgan fingerprint density at radius 3 is 2.61 bits per heavy atom. The maximum Gasteiger partial charge on any atom is 0.0720 e. The van der Waals surface area contributed by atoms with Gasteiger partial charge < -0.3 is 10.1 Å². The number of benzene rings is 1. The molecule has 1 aromatic rings. The van der Waals surface area contributed by atoms with Gasteiger partial charge in [0.1, 0.15) is 0 Å². The third-order valence-electron chi connectivity index (χ3n) is 4.11. The summed E-state index contributed by atoms with van der Waals surface area (Å²) in [6.07, 6.45) is 2.72. The first-order chi connectivity index (χ1) is 8.64. The van der Waals surface area contributed by atoms with Gasteiger partial charge >= 0.3 is 0 Å². The second-order valence-electron chi connectivity index (χ2n) is 5.85. The van der Waals surface area contributed by atoms with Crippen molar-refractivity contribution in [3.8, 4) is 0 Å². The van der Waals surface area contributed by atoms with E-state index in [2.05, 4.69) is 50.4 Å². The lowest BCUT2D eigenvalue weighted by Gasteiger charge is -2.52. The zero-order valence-corrected chi connectivity index (χ0v) is 11.8. The van der Waals surface area contributed by atoms with Gasteiger partial charge in [-0.05, 0) is 24.9 Å². The molecule has 0 heterocycles. The highest BCUT2D eigenvalue weighted by molar-refractivity contribution is 5.14. The summed E-state index contributed by atoms with van der Waals surface area (Å²) in [5.41, 5.74) is 1.52. The average Bonchev–Trinajstić information content (AvgIpc) is 2.38. The fourth-order valence-corrected chi connectivity index (χ4v) is 2.60. The molecule has 1 saturated carbocycles. The van der Waals surface area contributed by atoms with Gasteiger partial charge in [0.05, 0.1) is 12.7 Å². The maximum absolute atomic E-state index is 6.05. The first-order valence-corrected chi connectivity index (χ1v) is 7.03. The summed E-state index contributed by atoms with van der Waals surface area (Å²) < 4.78 is 6.05. The first-order valence-electron chi connectivity index (χ1n) is 7.03. The number of ether oxygens (including phenoxy) is 1. The third kappa shape index (κ3) is 2.93. The monoisotopic (exact) mass is 247 g/mol. The van der Waals surface area contributed by atoms with Crippen LogP contribution in [-0.2, 0) is 11.3 Å². The van der Waals surface area contributed by atoms with Crippen molar-refractivity contribution in [2.45, 2.75) is 52.4 Å². The van der Waals surface area contributed by atoms with Crippen molar-refractivity contribution in [3.63, 3.8) is 0 Å². The zero-order valence-electron chi connectivity index (χ0n) is 11.8. The quantitative estimate of drug-likeness (QED) is 0.832. The molecule has 0 aliphatic heterocycles. The van der Waals surface area contributed by atoms with Crippen LogP contribution in [0.3, 0.4) is 0 Å².